The van der Waals surface area contributed by atoms with E-state index in [9.17, 15) is 4.79 Å². The maximum absolute atomic E-state index is 13.2. The van der Waals surface area contributed by atoms with Gasteiger partial charge in [-0.25, -0.2) is 0 Å². The molecule has 0 atom stereocenters. The first-order valence-corrected chi connectivity index (χ1v) is 16.0. The van der Waals surface area contributed by atoms with Crippen molar-refractivity contribution in [1.82, 2.24) is 0 Å². The third-order valence-corrected chi connectivity index (χ3v) is 6.48. The highest BCUT2D eigenvalue weighted by Crippen LogP contribution is 2.37. The van der Waals surface area contributed by atoms with Crippen molar-refractivity contribution < 1.29 is 9.32 Å². The minimum absolute atomic E-state index is 0.00409. The Morgan fingerprint density at radius 2 is 1.76 bits per heavy atom. The van der Waals surface area contributed by atoms with Crippen LogP contribution < -0.4 is 4.57 Å². The van der Waals surface area contributed by atoms with Crippen molar-refractivity contribution in [3.8, 4) is 0 Å². The molecular formula is C19H32N2O2Si2. The van der Waals surface area contributed by atoms with Crippen LogP contribution >= 0.6 is 0 Å². The number of para-hydroxylation sites is 1. The summed E-state index contributed by atoms with van der Waals surface area (Å²) in [6, 6.07) is 6.21. The minimum atomic E-state index is -1.88. The van der Waals surface area contributed by atoms with E-state index in [1.54, 1.807) is 0 Å². The molecule has 0 radical (unpaired) electrons. The van der Waals surface area contributed by atoms with E-state index in [-0.39, 0.29) is 5.91 Å². The zero-order valence-corrected chi connectivity index (χ0v) is 18.9. The summed E-state index contributed by atoms with van der Waals surface area (Å²) >= 11 is 0. The van der Waals surface area contributed by atoms with Crippen LogP contribution in [0.5, 0.6) is 0 Å². The number of anilines is 1. The van der Waals surface area contributed by atoms with Crippen LogP contribution in [0.15, 0.2) is 23.4 Å². The van der Waals surface area contributed by atoms with Crippen molar-refractivity contribution >= 4 is 33.9 Å². The average molecular weight is 377 g/mol. The van der Waals surface area contributed by atoms with Crippen LogP contribution in [0.4, 0.5) is 5.69 Å². The lowest BCUT2D eigenvalue weighted by Gasteiger charge is -2.31. The smallest absolute Gasteiger partial charge is 0.278 e. The summed E-state index contributed by atoms with van der Waals surface area (Å²) in [5, 5.41) is 4.33. The second-order valence-electron chi connectivity index (χ2n) is 9.20. The van der Waals surface area contributed by atoms with Crippen LogP contribution in [-0.2, 0) is 15.7 Å². The molecule has 1 aliphatic heterocycles. The van der Waals surface area contributed by atoms with Crippen molar-refractivity contribution in [2.24, 2.45) is 11.1 Å². The fourth-order valence-electron chi connectivity index (χ4n) is 2.93. The van der Waals surface area contributed by atoms with Gasteiger partial charge in [0, 0.05) is 11.3 Å². The van der Waals surface area contributed by atoms with Gasteiger partial charge in [0.1, 0.15) is 0 Å². The van der Waals surface area contributed by atoms with E-state index < -0.39 is 16.6 Å². The van der Waals surface area contributed by atoms with Crippen LogP contribution in [0.25, 0.3) is 0 Å². The monoisotopic (exact) mass is 376 g/mol. The van der Waals surface area contributed by atoms with Gasteiger partial charge in [-0.1, -0.05) is 56.8 Å². The Kier molecular flexibility index (Phi) is 5.63. The summed E-state index contributed by atoms with van der Waals surface area (Å²) in [4.78, 5) is 13.2. The van der Waals surface area contributed by atoms with Gasteiger partial charge < -0.3 is 9.09 Å². The zero-order chi connectivity index (χ0) is 19.0. The van der Waals surface area contributed by atoms with Gasteiger partial charge in [0.15, 0.2) is 13.9 Å². The highest BCUT2D eigenvalue weighted by Gasteiger charge is 2.42. The largest absolute Gasteiger partial charge is 0.455 e. The van der Waals surface area contributed by atoms with Crippen LogP contribution in [0, 0.1) is 5.92 Å². The molecule has 138 valence electrons. The van der Waals surface area contributed by atoms with Gasteiger partial charge in [-0.2, -0.15) is 0 Å². The number of aryl methyl sites for hydroxylation is 1. The summed E-state index contributed by atoms with van der Waals surface area (Å²) in [6.45, 7) is 17.3. The number of nitrogens with zero attached hydrogens (tertiary/aromatic N) is 2. The molecule has 0 bridgehead atoms. The molecule has 0 aliphatic carbocycles. The van der Waals surface area contributed by atoms with Crippen LogP contribution in [0.1, 0.15) is 31.4 Å². The standard InChI is InChI=1S/C19H32N2O2Si2/c1-14(2)12-13-15-10-9-11-16-17(20-23-25(6,7)8)19(22)21(18(15)16)24(3,4)5/h9-11,14H,12-13H2,1-8H3/b20-17+. The number of hydrogen-bond acceptors (Lipinski definition) is 3. The molecule has 2 rings (SSSR count). The molecule has 6 heteroatoms. The molecule has 0 saturated heterocycles. The van der Waals surface area contributed by atoms with Gasteiger partial charge in [-0.05, 0) is 44.0 Å². The molecule has 0 N–H and O–H groups in total. The molecule has 25 heavy (non-hydrogen) atoms. The molecule has 0 fully saturated rings. The quantitative estimate of drug-likeness (QED) is 0.517. The molecule has 0 aromatic heterocycles. The summed E-state index contributed by atoms with van der Waals surface area (Å²) < 4.78 is 7.77. The van der Waals surface area contributed by atoms with Gasteiger partial charge >= 0.3 is 0 Å². The number of rotatable bonds is 6. The molecule has 0 unspecified atom stereocenters. The maximum Gasteiger partial charge on any atom is 0.278 e. The fraction of sp³-hybridized carbons (Fsp3) is 0.579. The predicted octanol–water partition coefficient (Wildman–Crippen LogP) is 5.01. The lowest BCUT2D eigenvalue weighted by atomic mass is 9.99. The van der Waals surface area contributed by atoms with E-state index in [4.69, 9.17) is 4.53 Å². The number of oxime groups is 1. The first kappa shape index (κ1) is 19.9. The van der Waals surface area contributed by atoms with Crippen LogP contribution in [0.2, 0.25) is 39.3 Å². The van der Waals surface area contributed by atoms with Gasteiger partial charge in [0.2, 0.25) is 0 Å². The average Bonchev–Trinajstić information content (AvgIpc) is 2.74. The van der Waals surface area contributed by atoms with E-state index in [1.165, 1.54) is 5.56 Å². The highest BCUT2D eigenvalue weighted by molar-refractivity contribution is 6.87. The third-order valence-electron chi connectivity index (χ3n) is 4.08. The number of hydrogen-bond donors (Lipinski definition) is 0. The normalized spacial score (nSPS) is 16.8. The van der Waals surface area contributed by atoms with E-state index in [1.807, 2.05) is 16.7 Å². The Bertz CT molecular complexity index is 686. The van der Waals surface area contributed by atoms with E-state index in [0.717, 1.165) is 24.1 Å². The molecule has 1 amide bonds. The molecular weight excluding hydrogens is 344 g/mol. The molecule has 1 aromatic rings. The number of fused-ring (bicyclic) bond motifs is 1. The van der Waals surface area contributed by atoms with Crippen molar-refractivity contribution in [3.63, 3.8) is 0 Å². The van der Waals surface area contributed by atoms with Crippen molar-refractivity contribution in [2.75, 3.05) is 4.57 Å². The molecule has 1 heterocycles. The Balaban J connectivity index is 2.55. The first-order chi connectivity index (χ1) is 11.4. The molecule has 1 aromatic carbocycles. The number of benzene rings is 1. The summed E-state index contributed by atoms with van der Waals surface area (Å²) in [5.41, 5.74) is 3.74. The third kappa shape index (κ3) is 4.61. The lowest BCUT2D eigenvalue weighted by molar-refractivity contribution is -0.111. The SMILES string of the molecule is CC(C)CCc1cccc2c1N([Si](C)(C)C)C(=O)/C2=N/O[Si](C)(C)C. The minimum Gasteiger partial charge on any atom is -0.455 e. The maximum atomic E-state index is 13.2. The van der Waals surface area contributed by atoms with Crippen molar-refractivity contribution in [2.45, 2.75) is 66.0 Å². The van der Waals surface area contributed by atoms with Crippen LogP contribution in [0.3, 0.4) is 0 Å². The zero-order valence-electron chi connectivity index (χ0n) is 16.9. The Labute approximate surface area is 154 Å². The van der Waals surface area contributed by atoms with Crippen LogP contribution in [-0.4, -0.2) is 28.2 Å². The first-order valence-electron chi connectivity index (χ1n) is 9.15. The van der Waals surface area contributed by atoms with Gasteiger partial charge in [0.25, 0.3) is 14.2 Å². The fourth-order valence-corrected chi connectivity index (χ4v) is 4.94. The molecule has 0 saturated carbocycles. The summed E-state index contributed by atoms with van der Waals surface area (Å²) in [5.74, 6) is 0.640. The van der Waals surface area contributed by atoms with E-state index in [0.29, 0.717) is 11.6 Å². The van der Waals surface area contributed by atoms with E-state index in [2.05, 4.69) is 64.4 Å². The van der Waals surface area contributed by atoms with Gasteiger partial charge in [-0.15, -0.1) is 0 Å². The number of carbonyl (C=O) groups is 1. The predicted molar refractivity (Wildman–Crippen MR) is 111 cm³/mol. The molecule has 1 aliphatic rings. The molecule has 4 nitrogen and oxygen atoms in total. The van der Waals surface area contributed by atoms with Crippen molar-refractivity contribution in [1.29, 1.82) is 0 Å². The van der Waals surface area contributed by atoms with Crippen molar-refractivity contribution in [3.05, 3.63) is 29.3 Å². The summed E-state index contributed by atoms with van der Waals surface area (Å²) in [6.07, 6.45) is 2.10. The van der Waals surface area contributed by atoms with Gasteiger partial charge in [0.05, 0.1) is 0 Å². The highest BCUT2D eigenvalue weighted by atomic mass is 28.4. The Hall–Kier alpha value is -1.41. The number of carbonyl (C=O) groups excluding carboxylic acids is 1. The molecule has 0 spiro atoms. The number of amides is 1. The van der Waals surface area contributed by atoms with E-state index >= 15 is 0 Å². The van der Waals surface area contributed by atoms with Gasteiger partial charge in [-0.3, -0.25) is 4.79 Å². The lowest BCUT2D eigenvalue weighted by Crippen LogP contribution is -2.49. The second-order valence-corrected chi connectivity index (χ2v) is 18.4. The second kappa shape index (κ2) is 7.07. The summed E-state index contributed by atoms with van der Waals surface area (Å²) in [7, 11) is -3.72. The Morgan fingerprint density at radius 1 is 1.12 bits per heavy atom. The Morgan fingerprint density at radius 3 is 2.28 bits per heavy atom. The topological polar surface area (TPSA) is 41.9 Å².